The van der Waals surface area contributed by atoms with Crippen molar-refractivity contribution in [1.29, 1.82) is 0 Å². The van der Waals surface area contributed by atoms with Crippen molar-refractivity contribution >= 4 is 153 Å². The van der Waals surface area contributed by atoms with E-state index < -0.39 is 44.8 Å². The van der Waals surface area contributed by atoms with Crippen molar-refractivity contribution in [2.75, 3.05) is 71.7 Å². The predicted molar refractivity (Wildman–Crippen MR) is 428 cm³/mol. The molecule has 32 heteroatoms. The molecule has 7 aliphatic rings. The summed E-state index contributed by atoms with van der Waals surface area (Å²) in [6.45, 7) is 29.6. The third-order valence-corrected chi connectivity index (χ3v) is 24.4. The number of halogens is 5. The van der Waals surface area contributed by atoms with Crippen molar-refractivity contribution in [2.24, 2.45) is 17.8 Å². The number of amides is 2. The molecule has 4 aromatic carbocycles. The van der Waals surface area contributed by atoms with Crippen LogP contribution in [0.4, 0.5) is 28.4 Å². The van der Waals surface area contributed by atoms with Crippen molar-refractivity contribution in [3.63, 3.8) is 0 Å². The van der Waals surface area contributed by atoms with E-state index in [1.54, 1.807) is 84.8 Å². The summed E-state index contributed by atoms with van der Waals surface area (Å²) in [6.07, 6.45) is 11.0. The monoisotopic (exact) mass is 1650 g/mol. The highest BCUT2D eigenvalue weighted by Crippen LogP contribution is 2.41. The molecule has 109 heavy (non-hydrogen) atoms. The average Bonchev–Trinajstić information content (AvgIpc) is 1.62. The van der Waals surface area contributed by atoms with Gasteiger partial charge in [0.15, 0.2) is 0 Å². The van der Waals surface area contributed by atoms with Gasteiger partial charge < -0.3 is 52.8 Å². The van der Waals surface area contributed by atoms with Crippen LogP contribution in [0.1, 0.15) is 186 Å². The molecule has 2 atom stereocenters. The van der Waals surface area contributed by atoms with Crippen LogP contribution in [0.15, 0.2) is 95.7 Å². The van der Waals surface area contributed by atoms with Crippen LogP contribution in [0.5, 0.6) is 0 Å². The first kappa shape index (κ1) is 87.1. The largest absolute Gasteiger partial charge is 0.534 e. The summed E-state index contributed by atoms with van der Waals surface area (Å²) in [5.74, 6) is 0.420. The maximum Gasteiger partial charge on any atom is 0.534 e. The van der Waals surface area contributed by atoms with Gasteiger partial charge in [0.1, 0.15) is 11.2 Å². The molecule has 10 heterocycles. The molecule has 0 bridgehead atoms. The van der Waals surface area contributed by atoms with Gasteiger partial charge in [0.05, 0.1) is 68.5 Å². The Balaban J connectivity index is 0.000000157. The lowest BCUT2D eigenvalue weighted by Gasteiger charge is -2.33. The van der Waals surface area contributed by atoms with Crippen molar-refractivity contribution in [1.82, 2.24) is 24.8 Å². The Bertz CT molecular complexity index is 4410. The third-order valence-electron chi connectivity index (χ3n) is 19.0. The topological polar surface area (TPSA) is 260 Å². The van der Waals surface area contributed by atoms with Crippen molar-refractivity contribution in [2.45, 2.75) is 198 Å². The van der Waals surface area contributed by atoms with Crippen LogP contribution in [0.3, 0.4) is 0 Å². The summed E-state index contributed by atoms with van der Waals surface area (Å²) in [5, 5.41) is 13.6. The summed E-state index contributed by atoms with van der Waals surface area (Å²) in [6, 6.07) is 23.8. The van der Waals surface area contributed by atoms with Gasteiger partial charge in [-0.1, -0.05) is 55.3 Å². The molecule has 0 saturated carbocycles. The van der Waals surface area contributed by atoms with E-state index in [-0.39, 0.29) is 49.2 Å². The van der Waals surface area contributed by atoms with Gasteiger partial charge in [-0.25, -0.2) is 29.4 Å². The number of ether oxygens (including phenoxy) is 6. The molecule has 14 rings (SSSR count). The van der Waals surface area contributed by atoms with Gasteiger partial charge in [-0.15, -0.1) is 46.6 Å². The van der Waals surface area contributed by atoms with Crippen LogP contribution in [-0.4, -0.2) is 157 Å². The van der Waals surface area contributed by atoms with E-state index in [4.69, 9.17) is 81.7 Å². The highest BCUT2D eigenvalue weighted by atomic mass is 35.5. The molecular formula is C77H100BCl2F3N6O15S5. The molecule has 21 nitrogen and oxygen atoms in total. The van der Waals surface area contributed by atoms with Gasteiger partial charge in [0, 0.05) is 110 Å². The quantitative estimate of drug-likeness (QED) is 0.0420. The van der Waals surface area contributed by atoms with E-state index in [9.17, 15) is 36.0 Å². The fraction of sp³-hybridized carbons (Fsp3) is 0.558. The Morgan fingerprint density at radius 1 is 0.596 bits per heavy atom. The fourth-order valence-electron chi connectivity index (χ4n) is 12.2. The number of nitrogen functional groups attached to an aromatic ring is 1. The second-order valence-electron chi connectivity index (χ2n) is 30.8. The highest BCUT2D eigenvalue weighted by molar-refractivity contribution is 7.87. The van der Waals surface area contributed by atoms with Gasteiger partial charge in [0.2, 0.25) is 5.88 Å². The van der Waals surface area contributed by atoms with Gasteiger partial charge in [-0.3, -0.25) is 9.69 Å². The zero-order valence-corrected chi connectivity index (χ0v) is 69.4. The number of hydrogen-bond donors (Lipinski definition) is 3. The summed E-state index contributed by atoms with van der Waals surface area (Å²) in [7, 11) is -6.17. The number of fused-ring (bicyclic) bond motifs is 3. The average molecular weight is 1650 g/mol. The van der Waals surface area contributed by atoms with Gasteiger partial charge in [-0.2, -0.15) is 21.6 Å². The Morgan fingerprint density at radius 2 is 1.00 bits per heavy atom. The normalized spacial score (nSPS) is 20.3. The number of carboxylic acids is 1. The Hall–Kier alpha value is -5.87. The second-order valence-corrected chi connectivity index (χ2v) is 36.9. The Morgan fingerprint density at radius 3 is 1.44 bits per heavy atom. The third kappa shape index (κ3) is 24.8. The molecule has 3 aromatic heterocycles. The number of nitrogens with two attached hydrogens (primary N) is 1. The lowest BCUT2D eigenvalue weighted by Crippen LogP contribution is -2.42. The smallest absolute Gasteiger partial charge is 0.481 e. The Kier molecular flexibility index (Phi) is 30.2. The number of carboxylic acid groups (broad SMARTS) is 1. The van der Waals surface area contributed by atoms with Crippen LogP contribution in [-0.2, 0) is 56.8 Å². The van der Waals surface area contributed by atoms with E-state index in [2.05, 4.69) is 105 Å². The number of alkyl halides is 3. The summed E-state index contributed by atoms with van der Waals surface area (Å²) < 4.78 is 111. The number of aromatic nitrogens is 3. The van der Waals surface area contributed by atoms with E-state index in [1.165, 1.54) is 29.1 Å². The number of aliphatic carboxylic acids is 1. The number of allylic oxidation sites excluding steroid dienone is 2. The molecule has 0 radical (unpaired) electrons. The standard InChI is InChI=1S/C23H30N2O3S.C18H24BNO3S.C12H12ClNOS.C12H18F3NO5S.C6H6ClNS.C6H10O3/c1-15-5-7-19(25(14-15)22(26)28-23(2,3)4)17-6-8-20-18(13-17)24-21(29-20)16-9-11-27-12-10-16;1-17(2)18(3,4)23-19(22-17)13-5-6-15-14(11-13)20-16(24-15)12-7-9-21-10-8-12;13-9-1-2-11-10(7-9)14-12(16-11)8-3-5-15-6-4-8;1-8-5-6-9(21-22(18,19)12(13,14)15)16(7-8)10(17)20-11(2,3)4;7-4-1-2-6(9)5(8)3-4;7-6(8)5-1-3-9-4-2-5/h6-8,13,15-16H,5,9-12,14H2,1-4H3;5-6,11-12H,7-10H2,1-4H3;1-2,7-8H,3-6H2;6,8H,5,7H2,1-4H3;1-3,9H,8H2;5H,1-4H2,(H,7,8)/t15-;;;8-;;/m0..0../s1. The van der Waals surface area contributed by atoms with Crippen molar-refractivity contribution in [3.8, 4) is 0 Å². The maximum absolute atomic E-state index is 12.9. The maximum atomic E-state index is 12.9. The first-order chi connectivity index (χ1) is 51.2. The molecule has 5 saturated heterocycles. The number of carbonyl (C=O) groups excluding carboxylic acids is 2. The molecule has 3 N–H and O–H groups in total. The van der Waals surface area contributed by atoms with E-state index in [0.29, 0.717) is 67.0 Å². The second kappa shape index (κ2) is 37.8. The minimum atomic E-state index is -5.84. The SMILES string of the molecule is CC1(C)OB(c2ccc3sc(C4CCOCC4)nc3c2)OC1(C)C.C[C@H]1CC=C(OS(=O)(=O)C(F)(F)F)N(C(=O)OC(C)(C)C)C1.C[C@H]1CC=C(c2ccc3sc(C4CCOCC4)nc3c2)N(C(=O)OC(C)(C)C)C1.Clc1ccc2sc(C3CCOCC3)nc2c1.Nc1cc(Cl)ccc1S.O=C(O)C1CCOCC1. The number of thiol groups is 1. The first-order valence-electron chi connectivity index (χ1n) is 36.6. The number of thiazole rings is 3. The zero-order valence-electron chi connectivity index (χ0n) is 63.7. The number of hydrogen-bond acceptors (Lipinski definition) is 22. The molecule has 0 aliphatic carbocycles. The lowest BCUT2D eigenvalue weighted by atomic mass is 9.79. The van der Waals surface area contributed by atoms with Crippen molar-refractivity contribution in [3.05, 3.63) is 121 Å². The molecule has 2 amide bonds. The molecule has 7 aliphatic heterocycles. The number of anilines is 1. The predicted octanol–water partition coefficient (Wildman–Crippen LogP) is 18.8. The minimum absolute atomic E-state index is 0.00583. The van der Waals surface area contributed by atoms with E-state index in [1.807, 2.05) is 32.9 Å². The van der Waals surface area contributed by atoms with Crippen LogP contribution < -0.4 is 11.2 Å². The van der Waals surface area contributed by atoms with Gasteiger partial charge in [-0.05, 0) is 217 Å². The minimum Gasteiger partial charge on any atom is -0.481 e. The van der Waals surface area contributed by atoms with E-state index >= 15 is 0 Å². The lowest BCUT2D eigenvalue weighted by molar-refractivity contribution is -0.144. The van der Waals surface area contributed by atoms with Crippen molar-refractivity contribution < 1.29 is 83.0 Å². The summed E-state index contributed by atoms with van der Waals surface area (Å²) >= 11 is 21.0. The number of benzene rings is 4. The first-order valence-corrected chi connectivity index (χ1v) is 41.7. The number of rotatable bonds is 8. The molecule has 596 valence electrons. The fourth-order valence-corrected chi connectivity index (χ4v) is 16.5. The summed E-state index contributed by atoms with van der Waals surface area (Å²) in [4.78, 5) is 53.0. The molecule has 5 fully saturated rings. The van der Waals surface area contributed by atoms with Crippen LogP contribution in [0, 0.1) is 17.8 Å². The van der Waals surface area contributed by atoms with Crippen LogP contribution in [0.2, 0.25) is 10.0 Å². The summed E-state index contributed by atoms with van der Waals surface area (Å²) in [5.41, 5.74) is 4.56. The van der Waals surface area contributed by atoms with Crippen LogP contribution >= 0.6 is 69.8 Å². The van der Waals surface area contributed by atoms with Gasteiger partial charge >= 0.3 is 40.9 Å². The van der Waals surface area contributed by atoms with Crippen LogP contribution in [0.25, 0.3) is 36.3 Å². The number of nitrogens with zero attached hydrogens (tertiary/aromatic N) is 5. The zero-order chi connectivity index (χ0) is 79.4. The van der Waals surface area contributed by atoms with Gasteiger partial charge in [0.25, 0.3) is 0 Å². The molecular weight excluding hydrogens is 1550 g/mol. The molecule has 0 unspecified atom stereocenters. The molecule has 7 aromatic rings. The molecule has 0 spiro atoms. The number of carbonyl (C=O) groups is 3. The van der Waals surface area contributed by atoms with E-state index in [0.717, 1.165) is 139 Å². The Labute approximate surface area is 664 Å². The highest BCUT2D eigenvalue weighted by Gasteiger charge is 2.52.